The number of hydrogen-bond donors (Lipinski definition) is 1. The van der Waals surface area contributed by atoms with E-state index < -0.39 is 11.6 Å². The number of nitrogens with zero attached hydrogens (tertiary/aromatic N) is 1. The molecule has 2 aromatic rings. The average Bonchev–Trinajstić information content (AvgIpc) is 3.03. The molecular formula is C16H18F2N2S. The van der Waals surface area contributed by atoms with Crippen LogP contribution >= 0.6 is 11.3 Å². The van der Waals surface area contributed by atoms with Crippen LogP contribution < -0.4 is 5.32 Å². The fourth-order valence-electron chi connectivity index (χ4n) is 2.79. The molecule has 0 bridgehead atoms. The van der Waals surface area contributed by atoms with Crippen molar-refractivity contribution in [2.24, 2.45) is 0 Å². The maximum atomic E-state index is 14.4. The minimum absolute atomic E-state index is 0.206. The molecule has 112 valence electrons. The number of piperazine rings is 1. The summed E-state index contributed by atoms with van der Waals surface area (Å²) in [6.07, 6.45) is 0. The van der Waals surface area contributed by atoms with Gasteiger partial charge in [0.1, 0.15) is 0 Å². The SMILES string of the molecule is Cc1ccc([C@@H](c2cccs2)N2CCNCC2)c(F)c1F. The van der Waals surface area contributed by atoms with Crippen LogP contribution in [-0.4, -0.2) is 31.1 Å². The highest BCUT2D eigenvalue weighted by molar-refractivity contribution is 7.10. The zero-order valence-corrected chi connectivity index (χ0v) is 12.7. The summed E-state index contributed by atoms with van der Waals surface area (Å²) in [4.78, 5) is 3.27. The zero-order chi connectivity index (χ0) is 14.8. The molecule has 0 unspecified atom stereocenters. The number of nitrogens with one attached hydrogen (secondary N) is 1. The van der Waals surface area contributed by atoms with E-state index in [2.05, 4.69) is 10.2 Å². The highest BCUT2D eigenvalue weighted by Gasteiger charge is 2.28. The van der Waals surface area contributed by atoms with Gasteiger partial charge in [0.25, 0.3) is 0 Å². The third kappa shape index (κ3) is 2.86. The van der Waals surface area contributed by atoms with Crippen LogP contribution in [0, 0.1) is 18.6 Å². The molecule has 2 nitrogen and oxygen atoms in total. The molecule has 0 radical (unpaired) electrons. The van der Waals surface area contributed by atoms with E-state index in [0.717, 1.165) is 31.1 Å². The summed E-state index contributed by atoms with van der Waals surface area (Å²) in [6.45, 7) is 5.00. The third-order valence-corrected chi connectivity index (χ3v) is 4.85. The fraction of sp³-hybridized carbons (Fsp3) is 0.375. The predicted molar refractivity (Wildman–Crippen MR) is 81.7 cm³/mol. The minimum atomic E-state index is -0.732. The maximum absolute atomic E-state index is 14.4. The van der Waals surface area contributed by atoms with E-state index in [4.69, 9.17) is 0 Å². The third-order valence-electron chi connectivity index (χ3n) is 3.93. The van der Waals surface area contributed by atoms with E-state index in [-0.39, 0.29) is 6.04 Å². The Labute approximate surface area is 127 Å². The van der Waals surface area contributed by atoms with E-state index in [1.807, 2.05) is 17.5 Å². The highest BCUT2D eigenvalue weighted by Crippen LogP contribution is 2.34. The molecule has 2 heterocycles. The van der Waals surface area contributed by atoms with Gasteiger partial charge in [0.2, 0.25) is 0 Å². The fourth-order valence-corrected chi connectivity index (χ4v) is 3.67. The molecule has 1 N–H and O–H groups in total. The van der Waals surface area contributed by atoms with E-state index in [1.54, 1.807) is 30.4 Å². The van der Waals surface area contributed by atoms with Crippen LogP contribution in [0.2, 0.25) is 0 Å². The van der Waals surface area contributed by atoms with E-state index >= 15 is 0 Å². The Kier molecular flexibility index (Phi) is 4.33. The van der Waals surface area contributed by atoms with E-state index in [0.29, 0.717) is 11.1 Å². The van der Waals surface area contributed by atoms with Crippen molar-refractivity contribution in [2.75, 3.05) is 26.2 Å². The van der Waals surface area contributed by atoms with Gasteiger partial charge in [0.05, 0.1) is 6.04 Å². The van der Waals surface area contributed by atoms with Crippen molar-refractivity contribution in [1.29, 1.82) is 0 Å². The van der Waals surface area contributed by atoms with Gasteiger partial charge in [-0.25, -0.2) is 8.78 Å². The average molecular weight is 308 g/mol. The van der Waals surface area contributed by atoms with Gasteiger partial charge in [0.15, 0.2) is 11.6 Å². The van der Waals surface area contributed by atoms with Gasteiger partial charge in [0, 0.05) is 36.6 Å². The number of rotatable bonds is 3. The van der Waals surface area contributed by atoms with Gasteiger partial charge in [-0.15, -0.1) is 11.3 Å². The Balaban J connectivity index is 2.05. The Bertz CT molecular complexity index is 607. The molecular weight excluding hydrogens is 290 g/mol. The van der Waals surface area contributed by atoms with Crippen molar-refractivity contribution in [2.45, 2.75) is 13.0 Å². The van der Waals surface area contributed by atoms with Gasteiger partial charge in [-0.05, 0) is 23.9 Å². The number of thiophene rings is 1. The number of hydrogen-bond acceptors (Lipinski definition) is 3. The Morgan fingerprint density at radius 2 is 1.90 bits per heavy atom. The Hall–Kier alpha value is -1.30. The molecule has 1 aliphatic heterocycles. The second-order valence-electron chi connectivity index (χ2n) is 5.30. The molecule has 0 saturated carbocycles. The second kappa shape index (κ2) is 6.22. The lowest BCUT2D eigenvalue weighted by molar-refractivity contribution is 0.196. The molecule has 0 spiro atoms. The first-order valence-electron chi connectivity index (χ1n) is 7.11. The summed E-state index contributed by atoms with van der Waals surface area (Å²) in [6, 6.07) is 7.13. The van der Waals surface area contributed by atoms with Crippen LogP contribution in [0.4, 0.5) is 8.78 Å². The van der Waals surface area contributed by atoms with Crippen LogP contribution in [0.25, 0.3) is 0 Å². The zero-order valence-electron chi connectivity index (χ0n) is 11.9. The van der Waals surface area contributed by atoms with Crippen molar-refractivity contribution in [3.8, 4) is 0 Å². The van der Waals surface area contributed by atoms with Crippen LogP contribution in [0.5, 0.6) is 0 Å². The summed E-state index contributed by atoms with van der Waals surface area (Å²) in [5, 5.41) is 5.27. The molecule has 0 aliphatic carbocycles. The van der Waals surface area contributed by atoms with E-state index in [1.165, 1.54) is 0 Å². The Morgan fingerprint density at radius 3 is 2.57 bits per heavy atom. The highest BCUT2D eigenvalue weighted by atomic mass is 32.1. The van der Waals surface area contributed by atoms with Crippen molar-refractivity contribution < 1.29 is 8.78 Å². The van der Waals surface area contributed by atoms with Crippen molar-refractivity contribution in [3.05, 3.63) is 57.3 Å². The summed E-state index contributed by atoms with van der Waals surface area (Å²) in [5.41, 5.74) is 0.781. The Morgan fingerprint density at radius 1 is 1.14 bits per heavy atom. The first kappa shape index (κ1) is 14.6. The molecule has 0 amide bonds. The molecule has 5 heteroatoms. The lowest BCUT2D eigenvalue weighted by Crippen LogP contribution is -2.45. The summed E-state index contributed by atoms with van der Waals surface area (Å²) in [7, 11) is 0. The number of halogens is 2. The quantitative estimate of drug-likeness (QED) is 0.935. The van der Waals surface area contributed by atoms with Crippen LogP contribution in [0.1, 0.15) is 22.0 Å². The summed E-state index contributed by atoms with van der Waals surface area (Å²) >= 11 is 1.59. The first-order chi connectivity index (χ1) is 10.2. The van der Waals surface area contributed by atoms with Gasteiger partial charge >= 0.3 is 0 Å². The summed E-state index contributed by atoms with van der Waals surface area (Å²) < 4.78 is 28.4. The van der Waals surface area contributed by atoms with Crippen molar-refractivity contribution in [3.63, 3.8) is 0 Å². The molecule has 1 aliphatic rings. The molecule has 1 fully saturated rings. The van der Waals surface area contributed by atoms with Crippen LogP contribution in [0.3, 0.4) is 0 Å². The monoisotopic (exact) mass is 308 g/mol. The summed E-state index contributed by atoms with van der Waals surface area (Å²) in [5.74, 6) is -1.45. The first-order valence-corrected chi connectivity index (χ1v) is 7.99. The largest absolute Gasteiger partial charge is 0.314 e. The van der Waals surface area contributed by atoms with Gasteiger partial charge in [-0.2, -0.15) is 0 Å². The predicted octanol–water partition coefficient (Wildman–Crippen LogP) is 3.33. The van der Waals surface area contributed by atoms with Crippen LogP contribution in [0.15, 0.2) is 29.6 Å². The molecule has 1 aromatic carbocycles. The lowest BCUT2D eigenvalue weighted by atomic mass is 10.00. The molecule has 1 saturated heterocycles. The van der Waals surface area contributed by atoms with Crippen LogP contribution in [-0.2, 0) is 0 Å². The van der Waals surface area contributed by atoms with E-state index in [9.17, 15) is 8.78 Å². The van der Waals surface area contributed by atoms with Crippen molar-refractivity contribution >= 4 is 11.3 Å². The second-order valence-corrected chi connectivity index (χ2v) is 6.28. The van der Waals surface area contributed by atoms with Crippen molar-refractivity contribution in [1.82, 2.24) is 10.2 Å². The normalized spacial score (nSPS) is 17.9. The van der Waals surface area contributed by atoms with Gasteiger partial charge in [-0.1, -0.05) is 18.2 Å². The molecule has 1 aromatic heterocycles. The minimum Gasteiger partial charge on any atom is -0.314 e. The van der Waals surface area contributed by atoms with Gasteiger partial charge in [-0.3, -0.25) is 4.90 Å². The standard InChI is InChI=1S/C16H18F2N2S/c1-11-4-5-12(15(18)14(11)17)16(13-3-2-10-21-13)20-8-6-19-7-9-20/h2-5,10,16,19H,6-9H2,1H3/t16-/m0/s1. The number of aryl methyl sites for hydroxylation is 1. The lowest BCUT2D eigenvalue weighted by Gasteiger charge is -2.35. The topological polar surface area (TPSA) is 15.3 Å². The smallest absolute Gasteiger partial charge is 0.164 e. The maximum Gasteiger partial charge on any atom is 0.164 e. The molecule has 21 heavy (non-hydrogen) atoms. The number of benzene rings is 1. The molecule has 3 rings (SSSR count). The van der Waals surface area contributed by atoms with Gasteiger partial charge < -0.3 is 5.32 Å². The molecule has 1 atom stereocenters.